The molecule has 2 unspecified atom stereocenters. The van der Waals surface area contributed by atoms with Gasteiger partial charge in [-0.25, -0.2) is 0 Å². The van der Waals surface area contributed by atoms with E-state index in [1.807, 2.05) is 48.5 Å². The predicted octanol–water partition coefficient (Wildman–Crippen LogP) is 4.62. The predicted molar refractivity (Wildman–Crippen MR) is 88.4 cm³/mol. The summed E-state index contributed by atoms with van der Waals surface area (Å²) in [6, 6.07) is 15.8. The molecule has 1 N–H and O–H groups in total. The van der Waals surface area contributed by atoms with E-state index in [2.05, 4.69) is 28.2 Å². The third-order valence-corrected chi connectivity index (χ3v) is 4.96. The van der Waals surface area contributed by atoms with Crippen molar-refractivity contribution in [2.45, 2.75) is 24.8 Å². The van der Waals surface area contributed by atoms with Crippen LogP contribution >= 0.6 is 27.5 Å². The standard InChI is InChI=1S/C17H15BrClNO/c1-17(13-8-7-12(18)9-14(13)19)10-15(21)20-16(17)11-5-3-2-4-6-11/h2-9,16H,10H2,1H3,(H,20,21). The van der Waals surface area contributed by atoms with Crippen LogP contribution in [0.1, 0.15) is 30.5 Å². The number of nitrogens with one attached hydrogen (secondary N) is 1. The molecule has 1 saturated heterocycles. The zero-order chi connectivity index (χ0) is 15.0. The van der Waals surface area contributed by atoms with Gasteiger partial charge in [-0.1, -0.05) is 70.9 Å². The monoisotopic (exact) mass is 363 g/mol. The van der Waals surface area contributed by atoms with Crippen molar-refractivity contribution in [3.05, 3.63) is 69.2 Å². The van der Waals surface area contributed by atoms with Crippen LogP contribution < -0.4 is 5.32 Å². The van der Waals surface area contributed by atoms with E-state index < -0.39 is 0 Å². The van der Waals surface area contributed by atoms with Gasteiger partial charge in [0.15, 0.2) is 0 Å². The minimum Gasteiger partial charge on any atom is -0.348 e. The Morgan fingerprint density at radius 3 is 2.62 bits per heavy atom. The Morgan fingerprint density at radius 2 is 1.95 bits per heavy atom. The summed E-state index contributed by atoms with van der Waals surface area (Å²) in [4.78, 5) is 12.0. The summed E-state index contributed by atoms with van der Waals surface area (Å²) in [6.45, 7) is 2.09. The topological polar surface area (TPSA) is 29.1 Å². The molecule has 108 valence electrons. The van der Waals surface area contributed by atoms with E-state index in [0.717, 1.165) is 15.6 Å². The number of amides is 1. The Bertz CT molecular complexity index is 688. The first-order valence-electron chi connectivity index (χ1n) is 6.80. The van der Waals surface area contributed by atoms with Gasteiger partial charge in [0.1, 0.15) is 0 Å². The summed E-state index contributed by atoms with van der Waals surface area (Å²) in [5.74, 6) is 0.0605. The van der Waals surface area contributed by atoms with Crippen LogP contribution in [0.2, 0.25) is 5.02 Å². The molecule has 2 aromatic rings. The number of carbonyl (C=O) groups excluding carboxylic acids is 1. The summed E-state index contributed by atoms with van der Waals surface area (Å²) >= 11 is 9.86. The van der Waals surface area contributed by atoms with Crippen molar-refractivity contribution in [1.29, 1.82) is 0 Å². The number of hydrogen-bond acceptors (Lipinski definition) is 1. The van der Waals surface area contributed by atoms with Gasteiger partial charge in [0, 0.05) is 21.3 Å². The largest absolute Gasteiger partial charge is 0.348 e. The number of carbonyl (C=O) groups is 1. The lowest BCUT2D eigenvalue weighted by Crippen LogP contribution is -2.30. The van der Waals surface area contributed by atoms with Crippen LogP contribution in [0.3, 0.4) is 0 Å². The fraction of sp³-hybridized carbons (Fsp3) is 0.235. The van der Waals surface area contributed by atoms with Gasteiger partial charge in [-0.15, -0.1) is 0 Å². The van der Waals surface area contributed by atoms with E-state index in [-0.39, 0.29) is 17.4 Å². The van der Waals surface area contributed by atoms with Crippen LogP contribution in [0, 0.1) is 0 Å². The lowest BCUT2D eigenvalue weighted by atomic mass is 9.73. The maximum atomic E-state index is 12.0. The SMILES string of the molecule is CC1(c2ccc(Br)cc2Cl)CC(=O)NC1c1ccccc1. The lowest BCUT2D eigenvalue weighted by molar-refractivity contribution is -0.119. The maximum Gasteiger partial charge on any atom is 0.221 e. The number of rotatable bonds is 2. The average Bonchev–Trinajstić information content (AvgIpc) is 2.75. The molecule has 2 aromatic carbocycles. The van der Waals surface area contributed by atoms with Crippen LogP contribution in [-0.4, -0.2) is 5.91 Å². The van der Waals surface area contributed by atoms with E-state index in [1.54, 1.807) is 0 Å². The third kappa shape index (κ3) is 2.60. The van der Waals surface area contributed by atoms with Crippen molar-refractivity contribution in [3.63, 3.8) is 0 Å². The first-order chi connectivity index (χ1) is 10.0. The molecular weight excluding hydrogens is 350 g/mol. The van der Waals surface area contributed by atoms with E-state index in [4.69, 9.17) is 11.6 Å². The highest BCUT2D eigenvalue weighted by atomic mass is 79.9. The molecule has 0 bridgehead atoms. The fourth-order valence-corrected chi connectivity index (χ4v) is 4.00. The van der Waals surface area contributed by atoms with Crippen LogP contribution in [0.5, 0.6) is 0 Å². The smallest absolute Gasteiger partial charge is 0.221 e. The minimum atomic E-state index is -0.351. The number of halogens is 2. The number of hydrogen-bond donors (Lipinski definition) is 1. The molecule has 2 nitrogen and oxygen atoms in total. The summed E-state index contributed by atoms with van der Waals surface area (Å²) in [5, 5.41) is 3.78. The van der Waals surface area contributed by atoms with Crippen LogP contribution in [-0.2, 0) is 10.2 Å². The molecule has 0 aliphatic carbocycles. The molecule has 1 aliphatic rings. The van der Waals surface area contributed by atoms with Crippen LogP contribution in [0.15, 0.2) is 53.0 Å². The van der Waals surface area contributed by atoms with Gasteiger partial charge in [0.25, 0.3) is 0 Å². The van der Waals surface area contributed by atoms with Gasteiger partial charge >= 0.3 is 0 Å². The van der Waals surface area contributed by atoms with Gasteiger partial charge in [-0.3, -0.25) is 4.79 Å². The molecule has 1 heterocycles. The second-order valence-electron chi connectivity index (χ2n) is 5.63. The fourth-order valence-electron chi connectivity index (χ4n) is 3.11. The summed E-state index contributed by atoms with van der Waals surface area (Å²) in [7, 11) is 0. The van der Waals surface area contributed by atoms with E-state index in [1.165, 1.54) is 0 Å². The van der Waals surface area contributed by atoms with Crippen LogP contribution in [0.4, 0.5) is 0 Å². The van der Waals surface area contributed by atoms with Gasteiger partial charge in [-0.05, 0) is 23.3 Å². The summed E-state index contributed by atoms with van der Waals surface area (Å²) in [5.41, 5.74) is 1.75. The van der Waals surface area contributed by atoms with Crippen LogP contribution in [0.25, 0.3) is 0 Å². The Morgan fingerprint density at radius 1 is 1.24 bits per heavy atom. The highest BCUT2D eigenvalue weighted by Crippen LogP contribution is 2.46. The molecule has 21 heavy (non-hydrogen) atoms. The van der Waals surface area contributed by atoms with Crippen molar-refractivity contribution in [3.8, 4) is 0 Å². The Labute approximate surface area is 137 Å². The zero-order valence-corrected chi connectivity index (χ0v) is 13.9. The lowest BCUT2D eigenvalue weighted by Gasteiger charge is -2.32. The molecule has 0 radical (unpaired) electrons. The molecule has 0 saturated carbocycles. The Hall–Kier alpha value is -1.32. The highest BCUT2D eigenvalue weighted by molar-refractivity contribution is 9.10. The first kappa shape index (κ1) is 14.6. The quantitative estimate of drug-likeness (QED) is 0.827. The van der Waals surface area contributed by atoms with Crippen molar-refractivity contribution >= 4 is 33.4 Å². The molecule has 1 aliphatic heterocycles. The second kappa shape index (κ2) is 5.47. The van der Waals surface area contributed by atoms with E-state index >= 15 is 0 Å². The van der Waals surface area contributed by atoms with Gasteiger partial charge in [0.05, 0.1) is 6.04 Å². The number of benzene rings is 2. The van der Waals surface area contributed by atoms with Gasteiger partial charge in [0.2, 0.25) is 5.91 Å². The molecule has 2 atom stereocenters. The molecular formula is C17H15BrClNO. The van der Waals surface area contributed by atoms with Crippen molar-refractivity contribution in [2.75, 3.05) is 0 Å². The van der Waals surface area contributed by atoms with Crippen molar-refractivity contribution in [1.82, 2.24) is 5.32 Å². The summed E-state index contributed by atoms with van der Waals surface area (Å²) < 4.78 is 0.938. The Kier molecular flexibility index (Phi) is 3.80. The average molecular weight is 365 g/mol. The maximum absolute atomic E-state index is 12.0. The molecule has 1 amide bonds. The Balaban J connectivity index is 2.10. The van der Waals surface area contributed by atoms with Crippen molar-refractivity contribution < 1.29 is 4.79 Å². The molecule has 0 aromatic heterocycles. The van der Waals surface area contributed by atoms with Gasteiger partial charge < -0.3 is 5.32 Å². The van der Waals surface area contributed by atoms with E-state index in [0.29, 0.717) is 11.4 Å². The second-order valence-corrected chi connectivity index (χ2v) is 6.95. The zero-order valence-electron chi connectivity index (χ0n) is 11.6. The third-order valence-electron chi connectivity index (χ3n) is 4.15. The minimum absolute atomic E-state index is 0.0605. The van der Waals surface area contributed by atoms with Gasteiger partial charge in [-0.2, -0.15) is 0 Å². The molecule has 3 rings (SSSR count). The summed E-state index contributed by atoms with van der Waals surface area (Å²) in [6.07, 6.45) is 0.438. The highest BCUT2D eigenvalue weighted by Gasteiger charge is 2.46. The molecule has 1 fully saturated rings. The van der Waals surface area contributed by atoms with E-state index in [9.17, 15) is 4.79 Å². The molecule has 4 heteroatoms. The molecule has 0 spiro atoms. The van der Waals surface area contributed by atoms with Crippen molar-refractivity contribution in [2.24, 2.45) is 0 Å². The normalized spacial score (nSPS) is 24.9. The first-order valence-corrected chi connectivity index (χ1v) is 7.97.